The molecule has 0 atom stereocenters. The zero-order valence-corrected chi connectivity index (χ0v) is 7.06. The monoisotopic (exact) mass is 173 g/mol. The zero-order valence-electron chi connectivity index (χ0n) is 6.24. The molecule has 0 unspecified atom stereocenters. The van der Waals surface area contributed by atoms with Crippen molar-refractivity contribution in [1.82, 2.24) is 9.97 Å². The predicted octanol–water partition coefficient (Wildman–Crippen LogP) is 2.06. The summed E-state index contributed by atoms with van der Waals surface area (Å²) in [5.41, 5.74) is 1.34. The fourth-order valence-electron chi connectivity index (χ4n) is 1.47. The molecule has 1 radical (unpaired) electrons. The number of hydrogen-bond donors (Lipinski definition) is 0. The Morgan fingerprint density at radius 3 is 3.50 bits per heavy atom. The molecule has 0 aromatic carbocycles. The number of hydrogen-bond acceptors (Lipinski definition) is 3. The molecular formula is C9H5N2S. The third-order valence-electron chi connectivity index (χ3n) is 2.02. The van der Waals surface area contributed by atoms with Gasteiger partial charge in [-0.1, -0.05) is 6.08 Å². The molecule has 0 fully saturated rings. The number of nitrogens with zero attached hydrogens (tertiary/aromatic N) is 2. The molecule has 0 spiro atoms. The van der Waals surface area contributed by atoms with Crippen molar-refractivity contribution in [3.05, 3.63) is 29.0 Å². The normalized spacial score (nSPS) is 14.0. The first kappa shape index (κ1) is 6.31. The van der Waals surface area contributed by atoms with E-state index in [1.807, 2.05) is 0 Å². The SMILES string of the molecule is [c]1ncnc2sc3c(c12)CC=C3. The Kier molecular flexibility index (Phi) is 1.12. The molecular weight excluding hydrogens is 168 g/mol. The van der Waals surface area contributed by atoms with E-state index in [2.05, 4.69) is 28.3 Å². The van der Waals surface area contributed by atoms with E-state index in [-0.39, 0.29) is 0 Å². The highest BCUT2D eigenvalue weighted by Crippen LogP contribution is 2.33. The fourth-order valence-corrected chi connectivity index (χ4v) is 2.52. The molecule has 1 aliphatic rings. The highest BCUT2D eigenvalue weighted by Gasteiger charge is 2.13. The van der Waals surface area contributed by atoms with E-state index in [1.165, 1.54) is 10.4 Å². The Balaban J connectivity index is 2.49. The highest BCUT2D eigenvalue weighted by atomic mass is 32.1. The van der Waals surface area contributed by atoms with Gasteiger partial charge in [-0.3, -0.25) is 0 Å². The van der Waals surface area contributed by atoms with Crippen molar-refractivity contribution < 1.29 is 0 Å². The lowest BCUT2D eigenvalue weighted by Gasteiger charge is -1.88. The molecule has 2 heterocycles. The van der Waals surface area contributed by atoms with E-state index in [9.17, 15) is 0 Å². The van der Waals surface area contributed by atoms with Gasteiger partial charge in [-0.05, 0) is 18.1 Å². The first-order valence-electron chi connectivity index (χ1n) is 3.76. The topological polar surface area (TPSA) is 25.8 Å². The van der Waals surface area contributed by atoms with Crippen molar-refractivity contribution in [2.45, 2.75) is 6.42 Å². The molecule has 0 saturated carbocycles. The van der Waals surface area contributed by atoms with Gasteiger partial charge in [0.05, 0.1) is 0 Å². The molecule has 0 bridgehead atoms. The maximum Gasteiger partial charge on any atom is 0.128 e. The molecule has 2 aromatic heterocycles. The van der Waals surface area contributed by atoms with Gasteiger partial charge in [-0.15, -0.1) is 11.3 Å². The zero-order chi connectivity index (χ0) is 7.97. The van der Waals surface area contributed by atoms with Crippen LogP contribution in [-0.2, 0) is 6.42 Å². The molecule has 2 nitrogen and oxygen atoms in total. The summed E-state index contributed by atoms with van der Waals surface area (Å²) in [4.78, 5) is 10.5. The van der Waals surface area contributed by atoms with Crippen LogP contribution in [0.4, 0.5) is 0 Å². The summed E-state index contributed by atoms with van der Waals surface area (Å²) in [6.45, 7) is 0. The number of aromatic nitrogens is 2. The molecule has 57 valence electrons. The van der Waals surface area contributed by atoms with Gasteiger partial charge in [0.15, 0.2) is 0 Å². The number of allylic oxidation sites excluding steroid dienone is 1. The van der Waals surface area contributed by atoms with Gasteiger partial charge in [0.2, 0.25) is 0 Å². The van der Waals surface area contributed by atoms with Crippen molar-refractivity contribution in [2.75, 3.05) is 0 Å². The minimum absolute atomic E-state index is 1.01. The minimum atomic E-state index is 1.01. The van der Waals surface area contributed by atoms with Crippen LogP contribution in [0.25, 0.3) is 16.3 Å². The van der Waals surface area contributed by atoms with E-state index >= 15 is 0 Å². The maximum absolute atomic E-state index is 4.19. The molecule has 3 rings (SSSR count). The summed E-state index contributed by atoms with van der Waals surface area (Å²) in [5, 5.41) is 1.10. The van der Waals surface area contributed by atoms with Crippen LogP contribution in [0.5, 0.6) is 0 Å². The molecule has 0 N–H and O–H groups in total. The number of fused-ring (bicyclic) bond motifs is 3. The summed E-state index contributed by atoms with van der Waals surface area (Å²) < 4.78 is 0. The van der Waals surface area contributed by atoms with Gasteiger partial charge in [0.1, 0.15) is 17.4 Å². The smallest absolute Gasteiger partial charge is 0.128 e. The summed E-state index contributed by atoms with van der Waals surface area (Å²) >= 11 is 1.72. The van der Waals surface area contributed by atoms with E-state index in [0.29, 0.717) is 0 Å². The molecule has 2 aromatic rings. The number of rotatable bonds is 0. The lowest BCUT2D eigenvalue weighted by Crippen LogP contribution is -1.79. The van der Waals surface area contributed by atoms with Crippen LogP contribution in [0.2, 0.25) is 0 Å². The van der Waals surface area contributed by atoms with Gasteiger partial charge < -0.3 is 0 Å². The van der Waals surface area contributed by atoms with Crippen LogP contribution in [0.1, 0.15) is 10.4 Å². The molecule has 0 aliphatic heterocycles. The molecule has 3 heteroatoms. The highest BCUT2D eigenvalue weighted by molar-refractivity contribution is 7.19. The van der Waals surface area contributed by atoms with Crippen molar-refractivity contribution in [3.8, 4) is 0 Å². The third kappa shape index (κ3) is 0.689. The van der Waals surface area contributed by atoms with Crippen molar-refractivity contribution in [3.63, 3.8) is 0 Å². The van der Waals surface area contributed by atoms with E-state index in [1.54, 1.807) is 17.7 Å². The first-order valence-corrected chi connectivity index (χ1v) is 4.57. The van der Waals surface area contributed by atoms with Crippen LogP contribution < -0.4 is 0 Å². The molecule has 0 saturated heterocycles. The quantitative estimate of drug-likeness (QED) is 0.609. The molecule has 1 aliphatic carbocycles. The minimum Gasteiger partial charge on any atom is -0.234 e. The lowest BCUT2D eigenvalue weighted by molar-refractivity contribution is 1.21. The lowest BCUT2D eigenvalue weighted by atomic mass is 10.2. The van der Waals surface area contributed by atoms with Crippen LogP contribution in [-0.4, -0.2) is 9.97 Å². The first-order chi connectivity index (χ1) is 5.95. The Labute approximate surface area is 73.6 Å². The van der Waals surface area contributed by atoms with Crippen molar-refractivity contribution >= 4 is 27.6 Å². The second-order valence-electron chi connectivity index (χ2n) is 2.72. The summed E-state index contributed by atoms with van der Waals surface area (Å²) in [7, 11) is 0. The van der Waals surface area contributed by atoms with Crippen molar-refractivity contribution in [1.29, 1.82) is 0 Å². The second-order valence-corrected chi connectivity index (χ2v) is 3.75. The van der Waals surface area contributed by atoms with Crippen LogP contribution in [0, 0.1) is 6.20 Å². The van der Waals surface area contributed by atoms with E-state index in [0.717, 1.165) is 16.6 Å². The van der Waals surface area contributed by atoms with Gasteiger partial charge in [-0.25, -0.2) is 9.97 Å². The largest absolute Gasteiger partial charge is 0.234 e. The van der Waals surface area contributed by atoms with Crippen LogP contribution in [0.15, 0.2) is 12.4 Å². The van der Waals surface area contributed by atoms with Gasteiger partial charge in [-0.2, -0.15) is 0 Å². The Morgan fingerprint density at radius 1 is 1.50 bits per heavy atom. The number of thiophene rings is 1. The Morgan fingerprint density at radius 2 is 2.50 bits per heavy atom. The predicted molar refractivity (Wildman–Crippen MR) is 49.0 cm³/mol. The van der Waals surface area contributed by atoms with E-state index in [4.69, 9.17) is 0 Å². The Hall–Kier alpha value is -1.22. The fraction of sp³-hybridized carbons (Fsp3) is 0.111. The van der Waals surface area contributed by atoms with Crippen LogP contribution >= 0.6 is 11.3 Å². The molecule has 12 heavy (non-hydrogen) atoms. The van der Waals surface area contributed by atoms with Crippen molar-refractivity contribution in [2.24, 2.45) is 0 Å². The third-order valence-corrected chi connectivity index (χ3v) is 3.13. The van der Waals surface area contributed by atoms with Gasteiger partial charge in [0.25, 0.3) is 0 Å². The van der Waals surface area contributed by atoms with Crippen LogP contribution in [0.3, 0.4) is 0 Å². The van der Waals surface area contributed by atoms with Gasteiger partial charge >= 0.3 is 0 Å². The standard InChI is InChI=1S/C9H5N2S/c1-2-6-7-4-10-5-11-9(7)12-8(6)3-1/h1,3,5H,2H2. The summed E-state index contributed by atoms with van der Waals surface area (Å²) in [5.74, 6) is 0. The maximum atomic E-state index is 4.19. The van der Waals surface area contributed by atoms with Gasteiger partial charge in [0, 0.05) is 10.3 Å². The summed E-state index contributed by atoms with van der Waals surface area (Å²) in [6, 6.07) is 0. The second kappa shape index (κ2) is 2.14. The average molecular weight is 173 g/mol. The average Bonchev–Trinajstić information content (AvgIpc) is 2.62. The Bertz CT molecular complexity index is 470. The summed E-state index contributed by atoms with van der Waals surface area (Å²) in [6.07, 6.45) is 9.87. The van der Waals surface area contributed by atoms with E-state index < -0.39 is 0 Å². The molecule has 0 amide bonds.